The zero-order valence-corrected chi connectivity index (χ0v) is 18.0. The molecule has 1 spiro atoms. The molecule has 6 rings (SSSR count). The third-order valence-corrected chi connectivity index (χ3v) is 6.96. The van der Waals surface area contributed by atoms with E-state index in [9.17, 15) is 0 Å². The highest BCUT2D eigenvalue weighted by Gasteiger charge is 2.50. The molecule has 0 bridgehead atoms. The van der Waals surface area contributed by atoms with Crippen LogP contribution in [0.5, 0.6) is 0 Å². The number of rotatable bonds is 3. The van der Waals surface area contributed by atoms with E-state index in [2.05, 4.69) is 71.1 Å². The molecule has 0 aliphatic carbocycles. The van der Waals surface area contributed by atoms with Crippen LogP contribution in [0.1, 0.15) is 22.3 Å². The summed E-state index contributed by atoms with van der Waals surface area (Å²) in [7, 11) is 0. The van der Waals surface area contributed by atoms with Crippen LogP contribution in [-0.4, -0.2) is 10.8 Å². The average Bonchev–Trinajstić information content (AvgIpc) is 3.26. The Morgan fingerprint density at radius 3 is 1.97 bits per heavy atom. The minimum absolute atomic E-state index is 0.679. The van der Waals surface area contributed by atoms with Crippen LogP contribution in [0.4, 0.5) is 5.69 Å². The van der Waals surface area contributed by atoms with Crippen molar-refractivity contribution in [2.75, 3.05) is 5.01 Å². The molecule has 5 heteroatoms. The van der Waals surface area contributed by atoms with Crippen molar-refractivity contribution >= 4 is 28.2 Å². The maximum Gasteiger partial charge on any atom is 0.227 e. The highest BCUT2D eigenvalue weighted by molar-refractivity contribution is 8.15. The minimum Gasteiger partial charge on any atom is -0.269 e. The number of benzene rings is 4. The van der Waals surface area contributed by atoms with E-state index in [1.807, 2.05) is 54.6 Å². The topological polar surface area (TPSA) is 40.0 Å². The number of fused-ring (bicyclic) bond motifs is 2. The summed E-state index contributed by atoms with van der Waals surface area (Å²) in [4.78, 5) is -0.679. The van der Waals surface area contributed by atoms with Crippen LogP contribution in [0.25, 0.3) is 0 Å². The number of nitrogens with one attached hydrogen (secondary N) is 1. The van der Waals surface area contributed by atoms with E-state index in [1.165, 1.54) is 0 Å². The normalized spacial score (nSPS) is 19.2. The van der Waals surface area contributed by atoms with E-state index in [4.69, 9.17) is 10.2 Å². The Balaban J connectivity index is 1.53. The molecule has 0 unspecified atom stereocenters. The fraction of sp³-hybridized carbons (Fsp3) is 0.0370. The smallest absolute Gasteiger partial charge is 0.227 e. The summed E-state index contributed by atoms with van der Waals surface area (Å²) in [5, 5.41) is 13.0. The fourth-order valence-corrected chi connectivity index (χ4v) is 5.43. The van der Waals surface area contributed by atoms with Gasteiger partial charge >= 0.3 is 0 Å². The molecule has 32 heavy (non-hydrogen) atoms. The summed E-state index contributed by atoms with van der Waals surface area (Å²) in [6, 6.07) is 39.4. The molecule has 0 fully saturated rings. The van der Waals surface area contributed by atoms with Crippen LogP contribution in [0.3, 0.4) is 0 Å². The molecule has 1 atom stereocenters. The molecule has 2 aliphatic rings. The standard InChI is InChI=1S/C27H20N4S/c1-4-12-20(13-5-1)25-23-18-10-11-19-24(23)27(30-28-25)31(22-16-8-3-9-17-22)29-26(32-27)21-14-6-2-7-15-21/h1-19,30H/t27-/m0/s1. The molecule has 4 aromatic rings. The van der Waals surface area contributed by atoms with Gasteiger partial charge in [-0.15, -0.1) is 0 Å². The van der Waals surface area contributed by atoms with Crippen LogP contribution in [-0.2, 0) is 4.99 Å². The Morgan fingerprint density at radius 1 is 0.656 bits per heavy atom. The van der Waals surface area contributed by atoms with Gasteiger partial charge in [0, 0.05) is 22.3 Å². The van der Waals surface area contributed by atoms with Crippen LogP contribution in [0.2, 0.25) is 0 Å². The number of hydrogen-bond donors (Lipinski definition) is 1. The lowest BCUT2D eigenvalue weighted by Gasteiger charge is -2.40. The van der Waals surface area contributed by atoms with Gasteiger partial charge in [0.15, 0.2) is 0 Å². The van der Waals surface area contributed by atoms with Gasteiger partial charge in [0.05, 0.1) is 11.4 Å². The van der Waals surface area contributed by atoms with Crippen LogP contribution in [0, 0.1) is 0 Å². The molecular weight excluding hydrogens is 412 g/mol. The second-order valence-corrected chi connectivity index (χ2v) is 8.83. The number of para-hydroxylation sites is 1. The maximum atomic E-state index is 5.08. The largest absolute Gasteiger partial charge is 0.269 e. The van der Waals surface area contributed by atoms with Crippen molar-refractivity contribution in [3.05, 3.63) is 138 Å². The lowest BCUT2D eigenvalue weighted by molar-refractivity contribution is 0.478. The van der Waals surface area contributed by atoms with E-state index in [0.717, 1.165) is 38.7 Å². The Hall–Kier alpha value is -3.83. The van der Waals surface area contributed by atoms with Crippen LogP contribution >= 0.6 is 11.8 Å². The van der Waals surface area contributed by atoms with Gasteiger partial charge in [0.2, 0.25) is 4.99 Å². The third kappa shape index (κ3) is 3.01. The van der Waals surface area contributed by atoms with Crippen molar-refractivity contribution in [1.82, 2.24) is 5.43 Å². The predicted molar refractivity (Wildman–Crippen MR) is 133 cm³/mol. The zero-order valence-electron chi connectivity index (χ0n) is 17.2. The third-order valence-electron chi connectivity index (χ3n) is 5.67. The first-order chi connectivity index (χ1) is 15.9. The Kier molecular flexibility index (Phi) is 4.55. The second kappa shape index (κ2) is 7.70. The van der Waals surface area contributed by atoms with E-state index < -0.39 is 4.99 Å². The van der Waals surface area contributed by atoms with Gasteiger partial charge in [0.1, 0.15) is 5.04 Å². The van der Waals surface area contributed by atoms with Crippen LogP contribution in [0.15, 0.2) is 125 Å². The quantitative estimate of drug-likeness (QED) is 0.447. The summed E-state index contributed by atoms with van der Waals surface area (Å²) >= 11 is 1.69. The van der Waals surface area contributed by atoms with Crippen molar-refractivity contribution in [3.63, 3.8) is 0 Å². The fourth-order valence-electron chi connectivity index (χ4n) is 4.16. The number of hydrazone groups is 2. The van der Waals surface area contributed by atoms with E-state index >= 15 is 0 Å². The van der Waals surface area contributed by atoms with Gasteiger partial charge in [-0.25, -0.2) is 5.01 Å². The summed E-state index contributed by atoms with van der Waals surface area (Å²) in [6.45, 7) is 0. The molecule has 2 heterocycles. The molecule has 0 aromatic heterocycles. The minimum atomic E-state index is -0.679. The number of nitrogens with zero attached hydrogens (tertiary/aromatic N) is 3. The molecule has 0 saturated carbocycles. The molecule has 2 aliphatic heterocycles. The van der Waals surface area contributed by atoms with E-state index in [-0.39, 0.29) is 0 Å². The average molecular weight is 433 g/mol. The Bertz CT molecular complexity index is 1320. The van der Waals surface area contributed by atoms with Crippen molar-refractivity contribution in [2.45, 2.75) is 4.99 Å². The molecule has 0 radical (unpaired) electrons. The molecule has 154 valence electrons. The highest BCUT2D eigenvalue weighted by Crippen LogP contribution is 2.49. The highest BCUT2D eigenvalue weighted by atomic mass is 32.2. The first-order valence-electron chi connectivity index (χ1n) is 10.5. The molecule has 1 N–H and O–H groups in total. The summed E-state index contributed by atoms with van der Waals surface area (Å²) in [5.41, 5.74) is 9.87. The first-order valence-corrected chi connectivity index (χ1v) is 11.4. The van der Waals surface area contributed by atoms with Gasteiger partial charge in [0.25, 0.3) is 0 Å². The predicted octanol–water partition coefficient (Wildman–Crippen LogP) is 5.77. The van der Waals surface area contributed by atoms with Crippen molar-refractivity contribution in [1.29, 1.82) is 0 Å². The molecule has 4 nitrogen and oxygen atoms in total. The number of hydrogen-bond acceptors (Lipinski definition) is 5. The van der Waals surface area contributed by atoms with E-state index in [0.29, 0.717) is 0 Å². The van der Waals surface area contributed by atoms with Crippen molar-refractivity contribution < 1.29 is 0 Å². The van der Waals surface area contributed by atoms with Gasteiger partial charge in [-0.1, -0.05) is 103 Å². The Labute approximate surface area is 191 Å². The number of anilines is 1. The summed E-state index contributed by atoms with van der Waals surface area (Å²) < 4.78 is 0. The molecular formula is C27H20N4S. The lowest BCUT2D eigenvalue weighted by Crippen LogP contribution is -2.51. The van der Waals surface area contributed by atoms with Gasteiger partial charge < -0.3 is 0 Å². The zero-order chi connectivity index (χ0) is 21.4. The van der Waals surface area contributed by atoms with Gasteiger partial charge in [-0.2, -0.15) is 10.2 Å². The van der Waals surface area contributed by atoms with Crippen molar-refractivity contribution in [3.8, 4) is 0 Å². The van der Waals surface area contributed by atoms with Crippen molar-refractivity contribution in [2.24, 2.45) is 10.2 Å². The molecule has 0 saturated heterocycles. The van der Waals surface area contributed by atoms with Gasteiger partial charge in [-0.05, 0) is 23.9 Å². The monoisotopic (exact) mass is 432 g/mol. The molecule has 4 aromatic carbocycles. The Morgan fingerprint density at radius 2 is 1.25 bits per heavy atom. The van der Waals surface area contributed by atoms with Crippen LogP contribution < -0.4 is 10.4 Å². The SMILES string of the molecule is c1ccc(C2=NN(c3ccccc3)[C@]3(NN=C(c4ccccc4)c4ccccc43)S2)cc1. The number of thioether (sulfide) groups is 1. The lowest BCUT2D eigenvalue weighted by atomic mass is 9.94. The second-order valence-electron chi connectivity index (χ2n) is 7.65. The first kappa shape index (κ1) is 18.9. The molecule has 0 amide bonds. The van der Waals surface area contributed by atoms with E-state index in [1.54, 1.807) is 11.8 Å². The maximum absolute atomic E-state index is 5.08. The summed E-state index contributed by atoms with van der Waals surface area (Å²) in [6.07, 6.45) is 0. The summed E-state index contributed by atoms with van der Waals surface area (Å²) in [5.74, 6) is 0. The van der Waals surface area contributed by atoms with Gasteiger partial charge in [-0.3, -0.25) is 5.43 Å².